The first-order chi connectivity index (χ1) is 10.4. The van der Waals surface area contributed by atoms with Crippen molar-refractivity contribution in [1.29, 1.82) is 0 Å². The van der Waals surface area contributed by atoms with E-state index in [0.29, 0.717) is 18.2 Å². The van der Waals surface area contributed by atoms with E-state index in [1.807, 2.05) is 0 Å². The molecule has 0 bridgehead atoms. The quantitative estimate of drug-likeness (QED) is 0.797. The van der Waals surface area contributed by atoms with Gasteiger partial charge in [-0.1, -0.05) is 12.8 Å². The number of carbonyl (C=O) groups is 1. The molecule has 1 fully saturated rings. The van der Waals surface area contributed by atoms with Crippen LogP contribution in [0.2, 0.25) is 0 Å². The molecule has 1 aliphatic carbocycles. The second-order valence-corrected chi connectivity index (χ2v) is 5.56. The third kappa shape index (κ3) is 4.37. The molecule has 1 unspecified atom stereocenters. The lowest BCUT2D eigenvalue weighted by Crippen LogP contribution is -2.46. The zero-order valence-corrected chi connectivity index (χ0v) is 12.1. The van der Waals surface area contributed by atoms with Crippen LogP contribution in [0.25, 0.3) is 0 Å². The fourth-order valence-electron chi connectivity index (χ4n) is 2.81. The molecule has 0 aliphatic heterocycles. The minimum Gasteiger partial charge on any atom is -0.334 e. The van der Waals surface area contributed by atoms with Crippen LogP contribution in [0.5, 0.6) is 0 Å². The third-order valence-corrected chi connectivity index (χ3v) is 4.01. The van der Waals surface area contributed by atoms with Crippen molar-refractivity contribution < 1.29 is 18.0 Å². The molecule has 0 saturated heterocycles. The molecule has 0 spiro atoms. The SMILES string of the molecule is NCC(NC(=O)Nc1ccc(C(F)(F)F)cc1)C1CCCC1. The third-order valence-electron chi connectivity index (χ3n) is 4.01. The highest BCUT2D eigenvalue weighted by molar-refractivity contribution is 5.89. The number of alkyl halides is 3. The van der Waals surface area contributed by atoms with Gasteiger partial charge < -0.3 is 16.4 Å². The Morgan fingerprint density at radius 3 is 2.32 bits per heavy atom. The normalized spacial score (nSPS) is 17.3. The Kier molecular flexibility index (Phi) is 5.28. The van der Waals surface area contributed by atoms with Crippen molar-refractivity contribution >= 4 is 11.7 Å². The zero-order chi connectivity index (χ0) is 16.2. The van der Waals surface area contributed by atoms with Gasteiger partial charge in [0.2, 0.25) is 0 Å². The van der Waals surface area contributed by atoms with Crippen molar-refractivity contribution in [1.82, 2.24) is 5.32 Å². The van der Waals surface area contributed by atoms with Crippen LogP contribution >= 0.6 is 0 Å². The van der Waals surface area contributed by atoms with Gasteiger partial charge in [-0.15, -0.1) is 0 Å². The summed E-state index contributed by atoms with van der Waals surface area (Å²) in [6.07, 6.45) is -0.00843. The van der Waals surface area contributed by atoms with Crippen LogP contribution in [0.4, 0.5) is 23.7 Å². The van der Waals surface area contributed by atoms with Crippen LogP contribution in [0.3, 0.4) is 0 Å². The van der Waals surface area contributed by atoms with Crippen LogP contribution in [0.1, 0.15) is 31.2 Å². The Hall–Kier alpha value is -1.76. The number of urea groups is 1. The second kappa shape index (κ2) is 7.00. The maximum atomic E-state index is 12.5. The van der Waals surface area contributed by atoms with E-state index in [1.54, 1.807) is 0 Å². The van der Waals surface area contributed by atoms with Crippen LogP contribution in [-0.2, 0) is 6.18 Å². The smallest absolute Gasteiger partial charge is 0.334 e. The Morgan fingerprint density at radius 1 is 1.23 bits per heavy atom. The molecule has 122 valence electrons. The van der Waals surface area contributed by atoms with Crippen molar-refractivity contribution in [3.05, 3.63) is 29.8 Å². The maximum Gasteiger partial charge on any atom is 0.416 e. The highest BCUT2D eigenvalue weighted by atomic mass is 19.4. The van der Waals surface area contributed by atoms with Gasteiger partial charge in [0.05, 0.1) is 5.56 Å². The van der Waals surface area contributed by atoms with Crippen LogP contribution < -0.4 is 16.4 Å². The number of amides is 2. The number of benzene rings is 1. The molecular formula is C15H20F3N3O. The predicted octanol–water partition coefficient (Wildman–Crippen LogP) is 3.34. The summed E-state index contributed by atoms with van der Waals surface area (Å²) in [5.74, 6) is 0.378. The van der Waals surface area contributed by atoms with E-state index in [2.05, 4.69) is 10.6 Å². The lowest BCUT2D eigenvalue weighted by molar-refractivity contribution is -0.137. The summed E-state index contributed by atoms with van der Waals surface area (Å²) in [6, 6.07) is 3.80. The Balaban J connectivity index is 1.90. The standard InChI is InChI=1S/C15H20F3N3O/c16-15(17,18)11-5-7-12(8-6-11)20-14(22)21-13(9-19)10-3-1-2-4-10/h5-8,10,13H,1-4,9,19H2,(H2,20,21,22). The molecule has 1 aromatic rings. The predicted molar refractivity (Wildman–Crippen MR) is 78.4 cm³/mol. The number of halogens is 3. The molecule has 7 heteroatoms. The average molecular weight is 315 g/mol. The van der Waals surface area contributed by atoms with Gasteiger partial charge in [-0.2, -0.15) is 13.2 Å². The minimum atomic E-state index is -4.38. The number of hydrogen-bond donors (Lipinski definition) is 3. The summed E-state index contributed by atoms with van der Waals surface area (Å²) in [7, 11) is 0. The molecule has 2 rings (SSSR count). The molecule has 1 aliphatic rings. The molecule has 0 heterocycles. The summed E-state index contributed by atoms with van der Waals surface area (Å²) in [4.78, 5) is 11.9. The largest absolute Gasteiger partial charge is 0.416 e. The fourth-order valence-corrected chi connectivity index (χ4v) is 2.81. The maximum absolute atomic E-state index is 12.5. The number of rotatable bonds is 4. The van der Waals surface area contributed by atoms with E-state index in [0.717, 1.165) is 37.8 Å². The van der Waals surface area contributed by atoms with Crippen LogP contribution in [-0.4, -0.2) is 18.6 Å². The Morgan fingerprint density at radius 2 is 1.82 bits per heavy atom. The topological polar surface area (TPSA) is 67.1 Å². The summed E-state index contributed by atoms with van der Waals surface area (Å²) >= 11 is 0. The number of nitrogens with one attached hydrogen (secondary N) is 2. The lowest BCUT2D eigenvalue weighted by Gasteiger charge is -2.23. The van der Waals surface area contributed by atoms with E-state index >= 15 is 0 Å². The van der Waals surface area contributed by atoms with Gasteiger partial charge >= 0.3 is 12.2 Å². The summed E-state index contributed by atoms with van der Waals surface area (Å²) in [6.45, 7) is 0.352. The first-order valence-electron chi connectivity index (χ1n) is 7.35. The van der Waals surface area contributed by atoms with Gasteiger partial charge in [-0.25, -0.2) is 4.79 Å². The number of anilines is 1. The zero-order valence-electron chi connectivity index (χ0n) is 12.1. The molecule has 1 saturated carbocycles. The van der Waals surface area contributed by atoms with Gasteiger partial charge in [-0.05, 0) is 43.0 Å². The summed E-state index contributed by atoms with van der Waals surface area (Å²) < 4.78 is 37.4. The minimum absolute atomic E-state index is 0.100. The Labute approximate surface area is 127 Å². The van der Waals surface area contributed by atoms with Gasteiger partial charge in [0.15, 0.2) is 0 Å². The van der Waals surface area contributed by atoms with E-state index < -0.39 is 17.8 Å². The van der Waals surface area contributed by atoms with E-state index in [9.17, 15) is 18.0 Å². The summed E-state index contributed by atoms with van der Waals surface area (Å²) in [5, 5.41) is 5.34. The lowest BCUT2D eigenvalue weighted by atomic mass is 9.98. The molecule has 0 aromatic heterocycles. The van der Waals surface area contributed by atoms with Gasteiger partial charge in [0.25, 0.3) is 0 Å². The van der Waals surface area contributed by atoms with Crippen molar-refractivity contribution in [2.45, 2.75) is 37.9 Å². The van der Waals surface area contributed by atoms with Crippen molar-refractivity contribution in [3.8, 4) is 0 Å². The Bertz CT molecular complexity index is 496. The number of hydrogen-bond acceptors (Lipinski definition) is 2. The fraction of sp³-hybridized carbons (Fsp3) is 0.533. The van der Waals surface area contributed by atoms with Gasteiger partial charge in [0.1, 0.15) is 0 Å². The van der Waals surface area contributed by atoms with E-state index in [-0.39, 0.29) is 6.04 Å². The summed E-state index contributed by atoms with van der Waals surface area (Å²) in [5.41, 5.74) is 5.26. The molecule has 22 heavy (non-hydrogen) atoms. The van der Waals surface area contributed by atoms with Crippen molar-refractivity contribution in [3.63, 3.8) is 0 Å². The molecule has 4 nitrogen and oxygen atoms in total. The first kappa shape index (κ1) is 16.6. The van der Waals surface area contributed by atoms with Gasteiger partial charge in [-0.3, -0.25) is 0 Å². The van der Waals surface area contributed by atoms with E-state index in [4.69, 9.17) is 5.73 Å². The second-order valence-electron chi connectivity index (χ2n) is 5.56. The van der Waals surface area contributed by atoms with Gasteiger partial charge in [0, 0.05) is 18.3 Å². The van der Waals surface area contributed by atoms with Crippen LogP contribution in [0, 0.1) is 5.92 Å². The molecule has 2 amide bonds. The highest BCUT2D eigenvalue weighted by Gasteiger charge is 2.30. The van der Waals surface area contributed by atoms with Crippen LogP contribution in [0.15, 0.2) is 24.3 Å². The number of carbonyl (C=O) groups excluding carboxylic acids is 1. The first-order valence-corrected chi connectivity index (χ1v) is 7.35. The molecule has 1 aromatic carbocycles. The molecule has 1 atom stereocenters. The molecule has 0 radical (unpaired) electrons. The monoisotopic (exact) mass is 315 g/mol. The van der Waals surface area contributed by atoms with Crippen molar-refractivity contribution in [2.75, 3.05) is 11.9 Å². The molecular weight excluding hydrogens is 295 g/mol. The van der Waals surface area contributed by atoms with Crippen molar-refractivity contribution in [2.24, 2.45) is 11.7 Å². The number of nitrogens with two attached hydrogens (primary N) is 1. The highest BCUT2D eigenvalue weighted by Crippen LogP contribution is 2.30. The average Bonchev–Trinajstić information content (AvgIpc) is 2.98. The van der Waals surface area contributed by atoms with E-state index in [1.165, 1.54) is 12.1 Å². The molecule has 4 N–H and O–H groups in total.